The molecule has 0 saturated carbocycles. The fraction of sp³-hybridized carbons (Fsp3) is 0.500. The maximum Gasteiger partial charge on any atom is 0.359 e. The van der Waals surface area contributed by atoms with E-state index in [4.69, 9.17) is 15.3 Å². The second-order valence-corrected chi connectivity index (χ2v) is 3.53. The van der Waals surface area contributed by atoms with Crippen LogP contribution in [0.15, 0.2) is 0 Å². The molecule has 0 aromatic carbocycles. The Hall–Kier alpha value is -2.20. The fourth-order valence-corrected chi connectivity index (χ4v) is 1.47. The molecular weight excluding hydrogens is 252 g/mol. The zero-order valence-electron chi connectivity index (χ0n) is 9.37. The van der Waals surface area contributed by atoms with Crippen molar-refractivity contribution in [3.8, 4) is 0 Å². The monoisotopic (exact) mass is 266 g/mol. The van der Waals surface area contributed by atoms with Crippen LogP contribution in [-0.2, 0) is 19.2 Å². The number of hydrogen-bond donors (Lipinski definition) is 4. The van der Waals surface area contributed by atoms with Crippen molar-refractivity contribution in [2.45, 2.75) is 0 Å². The molecule has 10 heteroatoms. The van der Waals surface area contributed by atoms with Gasteiger partial charge in [0, 0.05) is 0 Å². The molecule has 104 valence electrons. The molecule has 6 N–H and O–H groups in total. The van der Waals surface area contributed by atoms with E-state index in [1.165, 1.54) is 0 Å². The Morgan fingerprint density at radius 3 is 1.22 bits per heavy atom. The van der Waals surface area contributed by atoms with Crippen LogP contribution in [0.5, 0.6) is 0 Å². The molecule has 0 aliphatic rings. The van der Waals surface area contributed by atoms with Crippen LogP contribution in [0.25, 0.3) is 0 Å². The van der Waals surface area contributed by atoms with Crippen LogP contribution < -0.4 is 11.3 Å². The van der Waals surface area contributed by atoms with Gasteiger partial charge >= 0.3 is 17.9 Å². The summed E-state index contributed by atoms with van der Waals surface area (Å²) < 4.78 is -1.14. The standard InChI is InChI=1S/C8H11NO8.H3N/c10-5(11)1-9(2-6(12)13,3-7(14)15)4-8(16)17;/h1-4H2,(H3-,10,11,12,13,14,15,16,17);1H3. The van der Waals surface area contributed by atoms with Gasteiger partial charge < -0.3 is 31.4 Å². The molecule has 0 heterocycles. The van der Waals surface area contributed by atoms with Gasteiger partial charge in [-0.25, -0.2) is 14.4 Å². The van der Waals surface area contributed by atoms with E-state index in [1.54, 1.807) is 0 Å². The van der Waals surface area contributed by atoms with Crippen LogP contribution in [0.3, 0.4) is 0 Å². The van der Waals surface area contributed by atoms with Gasteiger partial charge in [-0.2, -0.15) is 0 Å². The predicted molar refractivity (Wildman–Crippen MR) is 52.7 cm³/mol. The summed E-state index contributed by atoms with van der Waals surface area (Å²) in [5.74, 6) is -6.19. The van der Waals surface area contributed by atoms with Crippen LogP contribution in [0.1, 0.15) is 0 Å². The molecule has 0 spiro atoms. The molecule has 0 atom stereocenters. The molecule has 0 saturated heterocycles. The molecule has 0 bridgehead atoms. The Kier molecular flexibility index (Phi) is 7.26. The van der Waals surface area contributed by atoms with E-state index < -0.39 is 54.5 Å². The quantitative estimate of drug-likeness (QED) is 0.331. The topological polar surface area (TPSA) is 187 Å². The highest BCUT2D eigenvalue weighted by molar-refractivity contribution is 5.74. The molecule has 0 aliphatic heterocycles. The van der Waals surface area contributed by atoms with E-state index in [-0.39, 0.29) is 6.15 Å². The first kappa shape index (κ1) is 18.2. The lowest BCUT2D eigenvalue weighted by Crippen LogP contribution is -2.60. The van der Waals surface area contributed by atoms with Gasteiger partial charge in [-0.3, -0.25) is 4.48 Å². The highest BCUT2D eigenvalue weighted by atomic mass is 16.4. The molecule has 18 heavy (non-hydrogen) atoms. The summed E-state index contributed by atoms with van der Waals surface area (Å²) in [6.07, 6.45) is 0. The third-order valence-electron chi connectivity index (χ3n) is 1.88. The molecule has 0 aromatic rings. The third-order valence-corrected chi connectivity index (χ3v) is 1.88. The minimum Gasteiger partial charge on any atom is -0.544 e. The van der Waals surface area contributed by atoms with Crippen LogP contribution in [0.4, 0.5) is 0 Å². The molecule has 0 fully saturated rings. The Balaban J connectivity index is 0. The third kappa shape index (κ3) is 7.14. The van der Waals surface area contributed by atoms with Crippen molar-refractivity contribution in [1.29, 1.82) is 0 Å². The summed E-state index contributed by atoms with van der Waals surface area (Å²) in [5, 5.41) is 36.2. The van der Waals surface area contributed by atoms with Gasteiger partial charge in [0.05, 0.1) is 5.97 Å². The zero-order valence-corrected chi connectivity index (χ0v) is 9.37. The lowest BCUT2D eigenvalue weighted by atomic mass is 10.3. The number of carbonyl (C=O) groups excluding carboxylic acids is 1. The van der Waals surface area contributed by atoms with Crippen molar-refractivity contribution in [2.24, 2.45) is 0 Å². The molecule has 10 nitrogen and oxygen atoms in total. The van der Waals surface area contributed by atoms with Crippen LogP contribution in [-0.4, -0.2) is 69.9 Å². The lowest BCUT2D eigenvalue weighted by Gasteiger charge is -2.34. The van der Waals surface area contributed by atoms with Crippen molar-refractivity contribution in [1.82, 2.24) is 6.15 Å². The van der Waals surface area contributed by atoms with Crippen molar-refractivity contribution in [3.63, 3.8) is 0 Å². The first-order valence-corrected chi connectivity index (χ1v) is 4.37. The minimum atomic E-state index is -1.71. The summed E-state index contributed by atoms with van der Waals surface area (Å²) >= 11 is 0. The zero-order chi connectivity index (χ0) is 13.6. The van der Waals surface area contributed by atoms with Crippen LogP contribution in [0, 0.1) is 0 Å². The first-order chi connectivity index (χ1) is 7.67. The Bertz CT molecular complexity index is 283. The highest BCUT2D eigenvalue weighted by Gasteiger charge is 2.36. The molecule has 0 aromatic heterocycles. The molecule has 0 unspecified atom stereocenters. The number of quaternary nitrogens is 1. The fourth-order valence-electron chi connectivity index (χ4n) is 1.47. The maximum absolute atomic E-state index is 10.5. The molecule has 0 aliphatic carbocycles. The molecular formula is C8H14N2O8. The van der Waals surface area contributed by atoms with Gasteiger partial charge in [0.25, 0.3) is 0 Å². The van der Waals surface area contributed by atoms with Gasteiger partial charge in [-0.1, -0.05) is 0 Å². The summed E-state index contributed by atoms with van der Waals surface area (Å²) in [7, 11) is 0. The maximum atomic E-state index is 10.5. The number of carboxylic acid groups (broad SMARTS) is 4. The molecule has 0 rings (SSSR count). The Morgan fingerprint density at radius 2 is 1.06 bits per heavy atom. The lowest BCUT2D eigenvalue weighted by molar-refractivity contribution is -0.902. The average Bonchev–Trinajstić information content (AvgIpc) is 1.95. The van der Waals surface area contributed by atoms with Crippen LogP contribution in [0.2, 0.25) is 0 Å². The van der Waals surface area contributed by atoms with E-state index in [0.29, 0.717) is 0 Å². The number of nitrogens with zero attached hydrogens (tertiary/aromatic N) is 1. The van der Waals surface area contributed by atoms with E-state index in [9.17, 15) is 24.3 Å². The summed E-state index contributed by atoms with van der Waals surface area (Å²) in [6.45, 7) is -3.77. The average molecular weight is 266 g/mol. The second-order valence-electron chi connectivity index (χ2n) is 3.53. The largest absolute Gasteiger partial charge is 0.544 e. The minimum absolute atomic E-state index is 0. The predicted octanol–water partition coefficient (Wildman–Crippen LogP) is -3.03. The Labute approximate surface area is 101 Å². The number of carbonyl (C=O) groups is 4. The van der Waals surface area contributed by atoms with Gasteiger partial charge in [-0.05, 0) is 0 Å². The van der Waals surface area contributed by atoms with E-state index in [1.807, 2.05) is 0 Å². The summed E-state index contributed by atoms with van der Waals surface area (Å²) in [4.78, 5) is 42.1. The van der Waals surface area contributed by atoms with Gasteiger partial charge in [0.2, 0.25) is 0 Å². The van der Waals surface area contributed by atoms with E-state index in [0.717, 1.165) is 0 Å². The van der Waals surface area contributed by atoms with Gasteiger partial charge in [-0.15, -0.1) is 0 Å². The Morgan fingerprint density at radius 1 is 0.778 bits per heavy atom. The highest BCUT2D eigenvalue weighted by Crippen LogP contribution is 2.06. The SMILES string of the molecule is N.O=C([O-])C[N+](CC(=O)O)(CC(=O)O)CC(=O)O. The second kappa shape index (κ2) is 7.19. The molecule has 0 amide bonds. The number of carboxylic acids is 4. The first-order valence-electron chi connectivity index (χ1n) is 4.37. The van der Waals surface area contributed by atoms with Crippen LogP contribution >= 0.6 is 0 Å². The number of aliphatic carboxylic acids is 4. The normalized spacial score (nSPS) is 10.2. The number of rotatable bonds is 8. The summed E-state index contributed by atoms with van der Waals surface area (Å²) in [5.41, 5.74) is 0. The van der Waals surface area contributed by atoms with Crippen molar-refractivity contribution in [2.75, 3.05) is 26.2 Å². The van der Waals surface area contributed by atoms with Gasteiger partial charge in [0.1, 0.15) is 6.54 Å². The number of hydrogen-bond acceptors (Lipinski definition) is 6. The van der Waals surface area contributed by atoms with Gasteiger partial charge in [0.15, 0.2) is 19.6 Å². The van der Waals surface area contributed by atoms with Crippen molar-refractivity contribution >= 4 is 23.9 Å². The van der Waals surface area contributed by atoms with E-state index in [2.05, 4.69) is 0 Å². The van der Waals surface area contributed by atoms with Crippen molar-refractivity contribution < 1.29 is 44.1 Å². The summed E-state index contributed by atoms with van der Waals surface area (Å²) in [6, 6.07) is 0. The van der Waals surface area contributed by atoms with E-state index >= 15 is 0 Å². The smallest absolute Gasteiger partial charge is 0.359 e. The van der Waals surface area contributed by atoms with Crippen molar-refractivity contribution in [3.05, 3.63) is 0 Å². The molecule has 0 radical (unpaired) electrons.